The quantitative estimate of drug-likeness (QED) is 0.538. The van der Waals surface area contributed by atoms with Crippen LogP contribution in [0.4, 0.5) is 24.5 Å². The van der Waals surface area contributed by atoms with Crippen molar-refractivity contribution in [2.45, 2.75) is 26.2 Å². The predicted molar refractivity (Wildman–Crippen MR) is 85.2 cm³/mol. The summed E-state index contributed by atoms with van der Waals surface area (Å²) in [6.45, 7) is -1.34. The van der Waals surface area contributed by atoms with Crippen molar-refractivity contribution in [1.29, 1.82) is 0 Å². The number of hydrogen-bond acceptors (Lipinski definition) is 4. The van der Waals surface area contributed by atoms with Crippen LogP contribution < -0.4 is 20.1 Å². The fourth-order valence-corrected chi connectivity index (χ4v) is 2.61. The van der Waals surface area contributed by atoms with E-state index in [2.05, 4.69) is 4.74 Å². The van der Waals surface area contributed by atoms with Gasteiger partial charge in [-0.3, -0.25) is 4.79 Å². The Morgan fingerprint density at radius 2 is 2.04 bits per heavy atom. The molecule has 0 aromatic heterocycles. The van der Waals surface area contributed by atoms with Crippen LogP contribution in [0.2, 0.25) is 0 Å². The average molecular weight is 614 g/mol. The summed E-state index contributed by atoms with van der Waals surface area (Å²) in [5.74, 6) is -0.794. The first-order valence-corrected chi connectivity index (χ1v) is 7.46. The number of carbonyl (C=O) groups excluding carboxylic acids is 1. The van der Waals surface area contributed by atoms with Crippen LogP contribution in [0.5, 0.6) is 11.5 Å². The maximum Gasteiger partial charge on any atom is 0.387 e. The number of amides is 1. The number of anilines is 2. The summed E-state index contributed by atoms with van der Waals surface area (Å²) >= 11 is 0. The number of nitrogens with zero attached hydrogens (tertiary/aromatic N) is 1. The number of nitrogen functional groups attached to an aromatic ring is 1. The average Bonchev–Trinajstić information content (AvgIpc) is 2.54. The number of hydrogen-bond donors (Lipinski definition) is 1. The van der Waals surface area contributed by atoms with Crippen LogP contribution in [0.15, 0.2) is 36.4 Å². The van der Waals surface area contributed by atoms with Crippen LogP contribution in [-0.4, -0.2) is 18.6 Å². The third kappa shape index (κ3) is 3.45. The molecule has 1 atom stereocenters. The molecule has 5 nitrogen and oxygen atoms in total. The van der Waals surface area contributed by atoms with Gasteiger partial charge < -0.3 is 20.1 Å². The van der Waals surface area contributed by atoms with Gasteiger partial charge in [0, 0.05) is 12.1 Å². The molecule has 1 aliphatic heterocycles. The van der Waals surface area contributed by atoms with Crippen molar-refractivity contribution in [3.8, 4) is 11.5 Å². The summed E-state index contributed by atoms with van der Waals surface area (Å²) in [7, 11) is 0. The smallest absolute Gasteiger partial charge is 0.387 e. The molecule has 1 aliphatic rings. The third-order valence-corrected chi connectivity index (χ3v) is 3.75. The van der Waals surface area contributed by atoms with Crippen molar-refractivity contribution in [3.63, 3.8) is 0 Å². The standard InChI is InChI=1S/C17H15F3N2O3.Lr/c1-9-16(23)22(14-6-12(18)13(21)7-15(14)24-9)8-10-3-2-4-11(5-10)25-17(19)20;/h2-7,9,17H,8,21H2,1H3;/t9-;/m1./s1. The molecule has 0 saturated heterocycles. The number of nitrogens with two attached hydrogens (primary N) is 1. The monoisotopic (exact) mass is 614 g/mol. The molecule has 0 bridgehead atoms. The van der Waals surface area contributed by atoms with Crippen LogP contribution in [0, 0.1) is 5.82 Å². The zero-order valence-electron chi connectivity index (χ0n) is 13.5. The molecule has 26 heavy (non-hydrogen) atoms. The van der Waals surface area contributed by atoms with Gasteiger partial charge in [0.2, 0.25) is 0 Å². The molecule has 0 spiro atoms. The van der Waals surface area contributed by atoms with Crippen LogP contribution >= 0.6 is 0 Å². The van der Waals surface area contributed by atoms with E-state index in [0.717, 1.165) is 6.07 Å². The minimum absolute atomic E-state index is 0. The van der Waals surface area contributed by atoms with E-state index < -0.39 is 18.5 Å². The van der Waals surface area contributed by atoms with Crippen LogP contribution in [0.3, 0.4) is 0 Å². The van der Waals surface area contributed by atoms with Gasteiger partial charge in [-0.2, -0.15) is 8.78 Å². The normalized spacial score (nSPS) is 16.0. The summed E-state index contributed by atoms with van der Waals surface area (Å²) in [4.78, 5) is 13.8. The van der Waals surface area contributed by atoms with Gasteiger partial charge in [-0.15, -0.1) is 0 Å². The molecule has 2 aromatic rings. The molecule has 9 heteroatoms. The van der Waals surface area contributed by atoms with E-state index in [9.17, 15) is 18.0 Å². The maximum atomic E-state index is 13.8. The Hall–Kier alpha value is -3.90. The molecule has 0 saturated carbocycles. The van der Waals surface area contributed by atoms with Crippen molar-refractivity contribution in [2.24, 2.45) is 0 Å². The second kappa shape index (κ2) is 6.92. The van der Waals surface area contributed by atoms with Gasteiger partial charge in [0.15, 0.2) is 6.10 Å². The number of halogens is 3. The minimum atomic E-state index is -2.95. The zero-order chi connectivity index (χ0) is 18.1. The van der Waals surface area contributed by atoms with E-state index in [1.807, 2.05) is 0 Å². The van der Waals surface area contributed by atoms with Gasteiger partial charge in [-0.1, -0.05) is 12.1 Å². The largest absolute Gasteiger partial charge is 0.479 e. The predicted octanol–water partition coefficient (Wildman–Crippen LogP) is 3.32. The van der Waals surface area contributed by atoms with Crippen LogP contribution in [-0.2, 0) is 11.3 Å². The van der Waals surface area contributed by atoms with Crippen LogP contribution in [0.25, 0.3) is 0 Å². The van der Waals surface area contributed by atoms with Crippen molar-refractivity contribution < 1.29 is 27.4 Å². The topological polar surface area (TPSA) is 64.8 Å². The summed E-state index contributed by atoms with van der Waals surface area (Å²) < 4.78 is 48.3. The molecule has 1 radical (unpaired) electrons. The third-order valence-electron chi connectivity index (χ3n) is 3.75. The number of carbonyl (C=O) groups is 1. The zero-order valence-corrected chi connectivity index (χ0v) is 15.6. The van der Waals surface area contributed by atoms with E-state index in [0.29, 0.717) is 5.56 Å². The molecule has 2 aromatic carbocycles. The number of alkyl halides is 2. The molecule has 0 fully saturated rings. The summed E-state index contributed by atoms with van der Waals surface area (Å²) in [5, 5.41) is 0. The fraction of sp³-hybridized carbons (Fsp3) is 0.235. The summed E-state index contributed by atoms with van der Waals surface area (Å²) in [6.07, 6.45) is -0.780. The Labute approximate surface area is 141 Å². The van der Waals surface area contributed by atoms with E-state index >= 15 is 0 Å². The first-order valence-electron chi connectivity index (χ1n) is 7.46. The van der Waals surface area contributed by atoms with Crippen molar-refractivity contribution >= 4 is 17.3 Å². The van der Waals surface area contributed by atoms with Gasteiger partial charge in [-0.05, 0) is 24.6 Å². The molecule has 3 rings (SSSR count). The van der Waals surface area contributed by atoms with Crippen LogP contribution in [0.1, 0.15) is 12.5 Å². The Kier molecular flexibility index (Phi) is 4.91. The Bertz CT molecular complexity index is 820. The Morgan fingerprint density at radius 3 is 2.73 bits per heavy atom. The van der Waals surface area contributed by atoms with E-state index in [1.165, 1.54) is 29.2 Å². The SMILES string of the molecule is C[C@H]1Oc2cc(N)c(F)cc2N(Cc2cccc(OC(F)F)c2)C1=O.[Lr]. The Balaban J connectivity index is 0.00000243. The number of fused-ring (bicyclic) bond motifs is 1. The molecular weight excluding hydrogens is 599 g/mol. The summed E-state index contributed by atoms with van der Waals surface area (Å²) in [5.41, 5.74) is 6.23. The number of rotatable bonds is 4. The summed E-state index contributed by atoms with van der Waals surface area (Å²) in [6, 6.07) is 8.40. The second-order valence-electron chi connectivity index (χ2n) is 5.55. The second-order valence-corrected chi connectivity index (χ2v) is 5.55. The molecule has 0 aliphatic carbocycles. The minimum Gasteiger partial charge on any atom is -0.479 e. The van der Waals surface area contributed by atoms with Gasteiger partial charge in [0.05, 0.1) is 17.9 Å². The number of benzene rings is 2. The van der Waals surface area contributed by atoms with Gasteiger partial charge in [0.1, 0.15) is 17.3 Å². The van der Waals surface area contributed by atoms with Gasteiger partial charge in [0.25, 0.3) is 5.91 Å². The fourth-order valence-electron chi connectivity index (χ4n) is 2.61. The molecule has 147 valence electrons. The van der Waals surface area contributed by atoms with E-state index in [-0.39, 0.29) is 35.3 Å². The van der Waals surface area contributed by atoms with Gasteiger partial charge >= 0.3 is 6.61 Å². The van der Waals surface area contributed by atoms with Crippen molar-refractivity contribution in [1.82, 2.24) is 0 Å². The van der Waals surface area contributed by atoms with E-state index in [4.69, 9.17) is 10.5 Å². The molecule has 2 N–H and O–H groups in total. The van der Waals surface area contributed by atoms with E-state index in [1.54, 1.807) is 13.0 Å². The molecule has 1 amide bonds. The molecule has 0 unspecified atom stereocenters. The van der Waals surface area contributed by atoms with Crippen molar-refractivity contribution in [2.75, 3.05) is 10.6 Å². The first-order chi connectivity index (χ1) is 11.8. The molecule has 1 heterocycles. The first kappa shape index (κ1) is 18.4. The van der Waals surface area contributed by atoms with Crippen molar-refractivity contribution in [3.05, 3.63) is 47.8 Å². The molecular formula is C17H15F3LrN2O3. The maximum absolute atomic E-state index is 13.8. The van der Waals surface area contributed by atoms with Gasteiger partial charge in [-0.25, -0.2) is 4.39 Å². The Morgan fingerprint density at radius 1 is 1.31 bits per heavy atom. The number of ether oxygens (including phenoxy) is 2.